The number of nitrogens with one attached hydrogen (secondary N) is 2. The fourth-order valence-corrected chi connectivity index (χ4v) is 2.43. The van der Waals surface area contributed by atoms with Crippen LogP contribution in [0.3, 0.4) is 0 Å². The SMILES string of the molecule is CCOc1cc(CNC(=NC)NCc2cc(C)ccc2OC(F)F)ccn1.I. The van der Waals surface area contributed by atoms with Crippen molar-refractivity contribution >= 4 is 29.9 Å². The van der Waals surface area contributed by atoms with E-state index in [1.165, 1.54) is 0 Å². The first kappa shape index (κ1) is 23.9. The van der Waals surface area contributed by atoms with Gasteiger partial charge >= 0.3 is 6.61 Å². The first-order chi connectivity index (χ1) is 13.0. The third-order valence-corrected chi connectivity index (χ3v) is 3.65. The van der Waals surface area contributed by atoms with Gasteiger partial charge in [-0.15, -0.1) is 24.0 Å². The molecule has 154 valence electrons. The lowest BCUT2D eigenvalue weighted by Crippen LogP contribution is -2.36. The van der Waals surface area contributed by atoms with Gasteiger partial charge in [0.2, 0.25) is 5.88 Å². The summed E-state index contributed by atoms with van der Waals surface area (Å²) in [6.45, 7) is 2.28. The van der Waals surface area contributed by atoms with Gasteiger partial charge in [-0.25, -0.2) is 4.98 Å². The molecule has 0 spiro atoms. The van der Waals surface area contributed by atoms with Crippen LogP contribution in [0.4, 0.5) is 8.78 Å². The van der Waals surface area contributed by atoms with Gasteiger partial charge in [0.25, 0.3) is 0 Å². The summed E-state index contributed by atoms with van der Waals surface area (Å²) in [5.74, 6) is 1.25. The number of guanidine groups is 1. The fourth-order valence-electron chi connectivity index (χ4n) is 2.43. The van der Waals surface area contributed by atoms with Crippen molar-refractivity contribution in [2.75, 3.05) is 13.7 Å². The van der Waals surface area contributed by atoms with E-state index in [9.17, 15) is 8.78 Å². The molecule has 2 aromatic rings. The van der Waals surface area contributed by atoms with Crippen molar-refractivity contribution in [2.45, 2.75) is 33.5 Å². The van der Waals surface area contributed by atoms with E-state index in [4.69, 9.17) is 4.74 Å². The molecule has 1 aromatic carbocycles. The molecular formula is C19H25F2IN4O2. The number of nitrogens with zero attached hydrogens (tertiary/aromatic N) is 2. The Bertz CT molecular complexity index is 775. The lowest BCUT2D eigenvalue weighted by Gasteiger charge is -2.15. The Hall–Kier alpha value is -2.17. The lowest BCUT2D eigenvalue weighted by molar-refractivity contribution is -0.0504. The first-order valence-corrected chi connectivity index (χ1v) is 8.58. The summed E-state index contributed by atoms with van der Waals surface area (Å²) in [6, 6.07) is 8.79. The maximum absolute atomic E-state index is 12.6. The molecule has 0 amide bonds. The minimum Gasteiger partial charge on any atom is -0.478 e. The Balaban J connectivity index is 0.00000392. The highest BCUT2D eigenvalue weighted by molar-refractivity contribution is 14.0. The second-order valence-corrected chi connectivity index (χ2v) is 5.70. The summed E-state index contributed by atoms with van der Waals surface area (Å²) in [5.41, 5.74) is 2.56. The van der Waals surface area contributed by atoms with Crippen molar-refractivity contribution in [3.05, 3.63) is 53.2 Å². The predicted molar refractivity (Wildman–Crippen MR) is 116 cm³/mol. The Morgan fingerprint density at radius 2 is 1.93 bits per heavy atom. The van der Waals surface area contributed by atoms with E-state index in [0.29, 0.717) is 37.1 Å². The number of benzene rings is 1. The lowest BCUT2D eigenvalue weighted by atomic mass is 10.1. The molecule has 0 saturated heterocycles. The number of ether oxygens (including phenoxy) is 2. The zero-order valence-electron chi connectivity index (χ0n) is 16.0. The summed E-state index contributed by atoms with van der Waals surface area (Å²) in [5, 5.41) is 6.27. The molecule has 0 atom stereocenters. The Kier molecular flexibility index (Phi) is 10.5. The van der Waals surface area contributed by atoms with Crippen LogP contribution in [0.2, 0.25) is 0 Å². The van der Waals surface area contributed by atoms with Crippen molar-refractivity contribution in [3.8, 4) is 11.6 Å². The molecule has 2 rings (SSSR count). The van der Waals surface area contributed by atoms with E-state index in [-0.39, 0.29) is 29.7 Å². The number of hydrogen-bond donors (Lipinski definition) is 2. The molecule has 0 unspecified atom stereocenters. The Labute approximate surface area is 180 Å². The van der Waals surface area contributed by atoms with Gasteiger partial charge in [-0.1, -0.05) is 17.7 Å². The molecule has 1 heterocycles. The van der Waals surface area contributed by atoms with Crippen LogP contribution < -0.4 is 20.1 Å². The van der Waals surface area contributed by atoms with Gasteiger partial charge in [0.1, 0.15) is 5.75 Å². The molecule has 6 nitrogen and oxygen atoms in total. The van der Waals surface area contributed by atoms with Crippen molar-refractivity contribution in [1.29, 1.82) is 0 Å². The van der Waals surface area contributed by atoms with Crippen LogP contribution in [0, 0.1) is 6.92 Å². The molecule has 0 fully saturated rings. The van der Waals surface area contributed by atoms with Crippen LogP contribution in [-0.4, -0.2) is 31.2 Å². The molecule has 2 N–H and O–H groups in total. The van der Waals surface area contributed by atoms with Crippen LogP contribution in [-0.2, 0) is 13.1 Å². The van der Waals surface area contributed by atoms with Gasteiger partial charge in [0, 0.05) is 38.0 Å². The van der Waals surface area contributed by atoms with Gasteiger partial charge in [-0.05, 0) is 31.5 Å². The molecule has 0 aliphatic rings. The number of rotatable bonds is 8. The molecule has 0 radical (unpaired) electrons. The standard InChI is InChI=1S/C19H24F2N4O2.HI/c1-4-26-17-10-14(7-8-23-17)11-24-19(22-3)25-12-15-9-13(2)5-6-16(15)27-18(20)21;/h5-10,18H,4,11-12H2,1-3H3,(H2,22,24,25);1H. The maximum Gasteiger partial charge on any atom is 0.387 e. The second kappa shape index (κ2) is 12.3. The molecule has 0 saturated carbocycles. The van der Waals surface area contributed by atoms with Gasteiger partial charge in [-0.3, -0.25) is 4.99 Å². The smallest absolute Gasteiger partial charge is 0.387 e. The zero-order valence-corrected chi connectivity index (χ0v) is 18.4. The number of aromatic nitrogens is 1. The Morgan fingerprint density at radius 3 is 2.61 bits per heavy atom. The van der Waals surface area contributed by atoms with Crippen LogP contribution in [0.5, 0.6) is 11.6 Å². The molecular weight excluding hydrogens is 481 g/mol. The fraction of sp³-hybridized carbons (Fsp3) is 0.368. The summed E-state index contributed by atoms with van der Waals surface area (Å²) in [7, 11) is 1.64. The highest BCUT2D eigenvalue weighted by atomic mass is 127. The van der Waals surface area contributed by atoms with E-state index in [1.54, 1.807) is 31.4 Å². The summed E-state index contributed by atoms with van der Waals surface area (Å²) in [6.07, 6.45) is 1.68. The quantitative estimate of drug-likeness (QED) is 0.323. The number of hydrogen-bond acceptors (Lipinski definition) is 4. The van der Waals surface area contributed by atoms with E-state index < -0.39 is 6.61 Å². The highest BCUT2D eigenvalue weighted by Crippen LogP contribution is 2.22. The number of pyridine rings is 1. The molecule has 1 aromatic heterocycles. The molecule has 28 heavy (non-hydrogen) atoms. The minimum absolute atomic E-state index is 0. The second-order valence-electron chi connectivity index (χ2n) is 5.70. The van der Waals surface area contributed by atoms with E-state index >= 15 is 0 Å². The number of aliphatic imine (C=N–C) groups is 1. The average molecular weight is 506 g/mol. The van der Waals surface area contributed by atoms with Crippen LogP contribution in [0.25, 0.3) is 0 Å². The highest BCUT2D eigenvalue weighted by Gasteiger charge is 2.10. The van der Waals surface area contributed by atoms with E-state index in [2.05, 4.69) is 25.3 Å². The molecule has 9 heteroatoms. The summed E-state index contributed by atoms with van der Waals surface area (Å²) in [4.78, 5) is 8.27. The normalized spacial score (nSPS) is 11.0. The van der Waals surface area contributed by atoms with Crippen LogP contribution in [0.1, 0.15) is 23.6 Å². The number of aryl methyl sites for hydroxylation is 1. The summed E-state index contributed by atoms with van der Waals surface area (Å²) < 4.78 is 35.1. The Morgan fingerprint density at radius 1 is 1.18 bits per heavy atom. The summed E-state index contributed by atoms with van der Waals surface area (Å²) >= 11 is 0. The minimum atomic E-state index is -2.87. The van der Waals surface area contributed by atoms with Gasteiger partial charge < -0.3 is 20.1 Å². The zero-order chi connectivity index (χ0) is 19.6. The third kappa shape index (κ3) is 7.83. The van der Waals surface area contributed by atoms with Gasteiger partial charge in [0.05, 0.1) is 6.61 Å². The molecule has 0 aliphatic carbocycles. The van der Waals surface area contributed by atoms with Gasteiger partial charge in [-0.2, -0.15) is 8.78 Å². The van der Waals surface area contributed by atoms with Crippen LogP contribution in [0.15, 0.2) is 41.5 Å². The largest absolute Gasteiger partial charge is 0.478 e. The van der Waals surface area contributed by atoms with Crippen molar-refractivity contribution in [3.63, 3.8) is 0 Å². The van der Waals surface area contributed by atoms with Crippen molar-refractivity contribution < 1.29 is 18.3 Å². The molecule has 0 bridgehead atoms. The maximum atomic E-state index is 12.6. The topological polar surface area (TPSA) is 67.8 Å². The predicted octanol–water partition coefficient (Wildman–Crippen LogP) is 3.87. The average Bonchev–Trinajstić information content (AvgIpc) is 2.64. The van der Waals surface area contributed by atoms with Crippen LogP contribution >= 0.6 is 24.0 Å². The van der Waals surface area contributed by atoms with Crippen molar-refractivity contribution in [1.82, 2.24) is 15.6 Å². The first-order valence-electron chi connectivity index (χ1n) is 8.58. The van der Waals surface area contributed by atoms with Gasteiger partial charge in [0.15, 0.2) is 5.96 Å². The van der Waals surface area contributed by atoms with E-state index in [0.717, 1.165) is 11.1 Å². The van der Waals surface area contributed by atoms with E-state index in [1.807, 2.05) is 26.0 Å². The molecule has 0 aliphatic heterocycles. The third-order valence-electron chi connectivity index (χ3n) is 3.65. The number of alkyl halides is 2. The number of halogens is 3. The monoisotopic (exact) mass is 506 g/mol. The van der Waals surface area contributed by atoms with Crippen molar-refractivity contribution in [2.24, 2.45) is 4.99 Å².